The molecule has 2 rings (SSSR count). The van der Waals surface area contributed by atoms with Gasteiger partial charge in [0.2, 0.25) is 0 Å². The third-order valence-corrected chi connectivity index (χ3v) is 3.08. The van der Waals surface area contributed by atoms with Gasteiger partial charge >= 0.3 is 0 Å². The second kappa shape index (κ2) is 6.79. The van der Waals surface area contributed by atoms with Crippen LogP contribution in [0.5, 0.6) is 0 Å². The molecule has 108 valence electrons. The minimum Gasteiger partial charge on any atom is -0.469 e. The summed E-state index contributed by atoms with van der Waals surface area (Å²) >= 11 is 0. The van der Waals surface area contributed by atoms with Gasteiger partial charge in [0.25, 0.3) is 0 Å². The zero-order valence-electron chi connectivity index (χ0n) is 12.1. The van der Waals surface area contributed by atoms with Crippen LogP contribution in [0.2, 0.25) is 0 Å². The number of nitrogens with one attached hydrogen (secondary N) is 2. The highest BCUT2D eigenvalue weighted by Gasteiger charge is 2.09. The Morgan fingerprint density at radius 1 is 1.35 bits per heavy atom. The number of aromatic nitrogens is 1. The predicted molar refractivity (Wildman–Crippen MR) is 76.6 cm³/mol. The van der Waals surface area contributed by atoms with Gasteiger partial charge in [0.05, 0.1) is 12.0 Å². The highest BCUT2D eigenvalue weighted by molar-refractivity contribution is 5.79. The summed E-state index contributed by atoms with van der Waals surface area (Å²) in [7, 11) is 1.75. The zero-order valence-corrected chi connectivity index (χ0v) is 12.1. The van der Waals surface area contributed by atoms with Crippen LogP contribution in [0.4, 0.5) is 0 Å². The molecule has 2 N–H and O–H groups in total. The van der Waals surface area contributed by atoms with Gasteiger partial charge in [-0.05, 0) is 26.0 Å². The SMILES string of the molecule is CN=C(NCCc1ccco1)NCc1c(C)noc1C. The number of rotatable bonds is 5. The van der Waals surface area contributed by atoms with Gasteiger partial charge in [-0.25, -0.2) is 0 Å². The summed E-state index contributed by atoms with van der Waals surface area (Å²) in [5.41, 5.74) is 1.97. The summed E-state index contributed by atoms with van der Waals surface area (Å²) in [6.45, 7) is 5.24. The fourth-order valence-corrected chi connectivity index (χ4v) is 1.91. The molecule has 0 amide bonds. The monoisotopic (exact) mass is 276 g/mol. The third kappa shape index (κ3) is 3.63. The summed E-state index contributed by atoms with van der Waals surface area (Å²) in [6.07, 6.45) is 2.50. The maximum atomic E-state index is 5.28. The molecule has 2 aromatic heterocycles. The minimum atomic E-state index is 0.640. The normalized spacial score (nSPS) is 11.7. The number of hydrogen-bond acceptors (Lipinski definition) is 4. The Morgan fingerprint density at radius 2 is 2.20 bits per heavy atom. The first kappa shape index (κ1) is 14.2. The Bertz CT molecular complexity index is 538. The van der Waals surface area contributed by atoms with E-state index in [1.165, 1.54) is 0 Å². The largest absolute Gasteiger partial charge is 0.469 e. The number of aryl methyl sites for hydroxylation is 2. The average molecular weight is 276 g/mol. The molecule has 0 saturated heterocycles. The lowest BCUT2D eigenvalue weighted by atomic mass is 10.2. The highest BCUT2D eigenvalue weighted by Crippen LogP contribution is 2.11. The van der Waals surface area contributed by atoms with Crippen LogP contribution in [-0.2, 0) is 13.0 Å². The molecule has 2 aromatic rings. The van der Waals surface area contributed by atoms with Crippen molar-refractivity contribution in [1.82, 2.24) is 15.8 Å². The first-order chi connectivity index (χ1) is 9.70. The van der Waals surface area contributed by atoms with E-state index >= 15 is 0 Å². The van der Waals surface area contributed by atoms with Crippen molar-refractivity contribution in [2.45, 2.75) is 26.8 Å². The van der Waals surface area contributed by atoms with E-state index in [9.17, 15) is 0 Å². The first-order valence-electron chi connectivity index (χ1n) is 6.59. The molecule has 0 aromatic carbocycles. The van der Waals surface area contributed by atoms with Crippen molar-refractivity contribution in [3.05, 3.63) is 41.2 Å². The zero-order chi connectivity index (χ0) is 14.4. The van der Waals surface area contributed by atoms with Gasteiger partial charge in [-0.2, -0.15) is 0 Å². The number of nitrogens with zero attached hydrogens (tertiary/aromatic N) is 2. The van der Waals surface area contributed by atoms with Crippen LogP contribution in [0.1, 0.15) is 22.8 Å². The van der Waals surface area contributed by atoms with Gasteiger partial charge in [-0.1, -0.05) is 5.16 Å². The molecule has 0 aliphatic carbocycles. The van der Waals surface area contributed by atoms with Crippen molar-refractivity contribution in [3.63, 3.8) is 0 Å². The fraction of sp³-hybridized carbons (Fsp3) is 0.429. The molecule has 0 spiro atoms. The van der Waals surface area contributed by atoms with Crippen LogP contribution >= 0.6 is 0 Å². The quantitative estimate of drug-likeness (QED) is 0.643. The number of guanidine groups is 1. The maximum Gasteiger partial charge on any atom is 0.191 e. The van der Waals surface area contributed by atoms with E-state index in [4.69, 9.17) is 8.94 Å². The van der Waals surface area contributed by atoms with Crippen molar-refractivity contribution in [1.29, 1.82) is 0 Å². The average Bonchev–Trinajstić information content (AvgIpc) is 3.06. The molecule has 0 unspecified atom stereocenters. The molecule has 0 bridgehead atoms. The first-order valence-corrected chi connectivity index (χ1v) is 6.59. The van der Waals surface area contributed by atoms with Crippen LogP contribution in [-0.4, -0.2) is 24.7 Å². The van der Waals surface area contributed by atoms with Crippen LogP contribution in [0, 0.1) is 13.8 Å². The van der Waals surface area contributed by atoms with E-state index in [1.807, 2.05) is 26.0 Å². The molecule has 6 heteroatoms. The molecule has 0 radical (unpaired) electrons. The second-order valence-corrected chi connectivity index (χ2v) is 4.48. The van der Waals surface area contributed by atoms with Crippen molar-refractivity contribution in [3.8, 4) is 0 Å². The van der Waals surface area contributed by atoms with Gasteiger partial charge in [-0.3, -0.25) is 4.99 Å². The van der Waals surface area contributed by atoms with Crippen LogP contribution < -0.4 is 10.6 Å². The van der Waals surface area contributed by atoms with Gasteiger partial charge in [-0.15, -0.1) is 0 Å². The molecule has 0 saturated carbocycles. The van der Waals surface area contributed by atoms with Gasteiger partial charge in [0.15, 0.2) is 5.96 Å². The summed E-state index contributed by atoms with van der Waals surface area (Å²) in [5.74, 6) is 2.54. The lowest BCUT2D eigenvalue weighted by molar-refractivity contribution is 0.392. The van der Waals surface area contributed by atoms with Crippen LogP contribution in [0.25, 0.3) is 0 Å². The van der Waals surface area contributed by atoms with E-state index in [0.717, 1.165) is 41.7 Å². The lowest BCUT2D eigenvalue weighted by Crippen LogP contribution is -2.38. The minimum absolute atomic E-state index is 0.640. The standard InChI is InChI=1S/C14H20N4O2/c1-10-13(11(2)20-18-10)9-17-14(15-3)16-7-6-12-5-4-8-19-12/h4-5,8H,6-7,9H2,1-3H3,(H2,15,16,17). The summed E-state index contributed by atoms with van der Waals surface area (Å²) < 4.78 is 10.4. The summed E-state index contributed by atoms with van der Waals surface area (Å²) in [5, 5.41) is 10.4. The molecule has 0 aliphatic rings. The van der Waals surface area contributed by atoms with E-state index in [2.05, 4.69) is 20.8 Å². The molecule has 0 aliphatic heterocycles. The third-order valence-electron chi connectivity index (χ3n) is 3.08. The van der Waals surface area contributed by atoms with Crippen molar-refractivity contribution < 1.29 is 8.94 Å². The molecule has 20 heavy (non-hydrogen) atoms. The number of furan rings is 1. The molecule has 2 heterocycles. The van der Waals surface area contributed by atoms with Gasteiger partial charge in [0.1, 0.15) is 11.5 Å². The van der Waals surface area contributed by atoms with E-state index in [1.54, 1.807) is 13.3 Å². The van der Waals surface area contributed by atoms with Crippen molar-refractivity contribution >= 4 is 5.96 Å². The smallest absolute Gasteiger partial charge is 0.191 e. The second-order valence-electron chi connectivity index (χ2n) is 4.48. The maximum absolute atomic E-state index is 5.28. The Balaban J connectivity index is 1.78. The molecule has 0 fully saturated rings. The van der Waals surface area contributed by atoms with E-state index < -0.39 is 0 Å². The predicted octanol–water partition coefficient (Wildman–Crippen LogP) is 1.79. The number of aliphatic imine (C=N–C) groups is 1. The van der Waals surface area contributed by atoms with Crippen molar-refractivity contribution in [2.24, 2.45) is 4.99 Å². The Hall–Kier alpha value is -2.24. The summed E-state index contributed by atoms with van der Waals surface area (Å²) in [4.78, 5) is 4.18. The van der Waals surface area contributed by atoms with E-state index in [-0.39, 0.29) is 0 Å². The molecule has 0 atom stereocenters. The molecular formula is C14H20N4O2. The molecular weight excluding hydrogens is 256 g/mol. The lowest BCUT2D eigenvalue weighted by Gasteiger charge is -2.11. The Kier molecular flexibility index (Phi) is 4.81. The molecule has 6 nitrogen and oxygen atoms in total. The fourth-order valence-electron chi connectivity index (χ4n) is 1.91. The van der Waals surface area contributed by atoms with Crippen molar-refractivity contribution in [2.75, 3.05) is 13.6 Å². The van der Waals surface area contributed by atoms with E-state index in [0.29, 0.717) is 6.54 Å². The topological polar surface area (TPSA) is 75.6 Å². The Labute approximate surface area is 118 Å². The van der Waals surface area contributed by atoms with Crippen LogP contribution in [0.3, 0.4) is 0 Å². The van der Waals surface area contributed by atoms with Crippen LogP contribution in [0.15, 0.2) is 32.3 Å². The summed E-state index contributed by atoms with van der Waals surface area (Å²) in [6, 6.07) is 3.85. The Morgan fingerprint density at radius 3 is 2.80 bits per heavy atom. The highest BCUT2D eigenvalue weighted by atomic mass is 16.5. The van der Waals surface area contributed by atoms with Gasteiger partial charge in [0, 0.05) is 32.1 Å². The van der Waals surface area contributed by atoms with Gasteiger partial charge < -0.3 is 19.6 Å². The number of hydrogen-bond donors (Lipinski definition) is 2.